The van der Waals surface area contributed by atoms with Crippen LogP contribution < -0.4 is 0 Å². The summed E-state index contributed by atoms with van der Waals surface area (Å²) in [5, 5.41) is 12.0. The van der Waals surface area contributed by atoms with E-state index < -0.39 is 5.60 Å². The zero-order valence-electron chi connectivity index (χ0n) is 12.6. The molecule has 21 heavy (non-hydrogen) atoms. The molecule has 2 heteroatoms. The van der Waals surface area contributed by atoms with E-state index >= 15 is 0 Å². The summed E-state index contributed by atoms with van der Waals surface area (Å²) in [6.07, 6.45) is 2.38. The van der Waals surface area contributed by atoms with Crippen LogP contribution in [0.5, 0.6) is 0 Å². The van der Waals surface area contributed by atoms with E-state index in [1.54, 1.807) is 0 Å². The molecule has 2 atom stereocenters. The molecule has 1 nitrogen and oxygen atoms in total. The summed E-state index contributed by atoms with van der Waals surface area (Å²) in [6.45, 7) is 4.26. The molecule has 0 aliphatic heterocycles. The van der Waals surface area contributed by atoms with Gasteiger partial charge >= 0.3 is 0 Å². The Kier molecular flexibility index (Phi) is 3.81. The third-order valence-corrected chi connectivity index (χ3v) is 5.03. The van der Waals surface area contributed by atoms with Crippen molar-refractivity contribution < 1.29 is 5.11 Å². The average molecular weight is 301 g/mol. The Labute approximate surface area is 131 Å². The predicted molar refractivity (Wildman–Crippen MR) is 87.9 cm³/mol. The van der Waals surface area contributed by atoms with Crippen molar-refractivity contribution in [2.75, 3.05) is 0 Å². The number of rotatable bonds is 2. The van der Waals surface area contributed by atoms with Crippen molar-refractivity contribution in [2.45, 2.75) is 44.6 Å². The molecule has 0 heterocycles. The van der Waals surface area contributed by atoms with Gasteiger partial charge in [-0.15, -0.1) is 0 Å². The smallest absolute Gasteiger partial charge is 0.0940 e. The maximum atomic E-state index is 11.2. The molecule has 0 saturated heterocycles. The summed E-state index contributed by atoms with van der Waals surface area (Å²) in [6, 6.07) is 14.3. The fourth-order valence-electron chi connectivity index (χ4n) is 3.39. The van der Waals surface area contributed by atoms with E-state index in [0.717, 1.165) is 34.6 Å². The lowest BCUT2D eigenvalue weighted by atomic mass is 9.72. The molecule has 1 N–H and O–H groups in total. The standard InChI is InChI=1S/C19H21ClO/c1-13-7-8-15(18(20)11-13)12-19(21)10-9-14(2)16-5-3-4-6-17(16)19/h3-8,11,14,21H,9-10,12H2,1-2H3. The molecule has 2 unspecified atom stereocenters. The van der Waals surface area contributed by atoms with Crippen molar-refractivity contribution >= 4 is 11.6 Å². The minimum absolute atomic E-state index is 0.509. The number of halogens is 1. The third kappa shape index (κ3) is 2.73. The molecule has 2 aromatic rings. The lowest BCUT2D eigenvalue weighted by molar-refractivity contribution is 0.0159. The van der Waals surface area contributed by atoms with Crippen molar-refractivity contribution in [3.8, 4) is 0 Å². The van der Waals surface area contributed by atoms with Gasteiger partial charge in [-0.05, 0) is 54.0 Å². The predicted octanol–water partition coefficient (Wildman–Crippen LogP) is 4.98. The summed E-state index contributed by atoms with van der Waals surface area (Å²) < 4.78 is 0. The first-order valence-electron chi connectivity index (χ1n) is 7.56. The first-order chi connectivity index (χ1) is 9.99. The fourth-order valence-corrected chi connectivity index (χ4v) is 3.69. The van der Waals surface area contributed by atoms with Crippen molar-refractivity contribution in [1.29, 1.82) is 0 Å². The van der Waals surface area contributed by atoms with Crippen molar-refractivity contribution in [3.63, 3.8) is 0 Å². The molecular weight excluding hydrogens is 280 g/mol. The molecule has 0 radical (unpaired) electrons. The topological polar surface area (TPSA) is 20.2 Å². The van der Waals surface area contributed by atoms with Gasteiger partial charge in [0.15, 0.2) is 0 Å². The van der Waals surface area contributed by atoms with E-state index in [-0.39, 0.29) is 0 Å². The van der Waals surface area contributed by atoms with Crippen molar-refractivity contribution in [1.82, 2.24) is 0 Å². The van der Waals surface area contributed by atoms with Crippen LogP contribution in [-0.2, 0) is 12.0 Å². The highest BCUT2D eigenvalue weighted by atomic mass is 35.5. The number of hydrogen-bond donors (Lipinski definition) is 1. The van der Waals surface area contributed by atoms with Gasteiger partial charge in [-0.25, -0.2) is 0 Å². The van der Waals surface area contributed by atoms with Gasteiger partial charge in [-0.3, -0.25) is 0 Å². The fraction of sp³-hybridized carbons (Fsp3) is 0.368. The number of aryl methyl sites for hydroxylation is 1. The Morgan fingerprint density at radius 3 is 2.76 bits per heavy atom. The normalized spacial score (nSPS) is 24.7. The summed E-state index contributed by atoms with van der Waals surface area (Å²) in [5.41, 5.74) is 3.71. The second-order valence-corrected chi connectivity index (χ2v) is 6.74. The van der Waals surface area contributed by atoms with Crippen molar-refractivity contribution in [2.24, 2.45) is 0 Å². The monoisotopic (exact) mass is 300 g/mol. The molecule has 0 bridgehead atoms. The van der Waals surface area contributed by atoms with Gasteiger partial charge < -0.3 is 5.11 Å². The zero-order chi connectivity index (χ0) is 15.0. The molecule has 0 fully saturated rings. The Morgan fingerprint density at radius 2 is 2.00 bits per heavy atom. The van der Waals surface area contributed by atoms with Crippen LogP contribution in [0.15, 0.2) is 42.5 Å². The second kappa shape index (κ2) is 5.47. The van der Waals surface area contributed by atoms with E-state index in [1.165, 1.54) is 5.56 Å². The SMILES string of the molecule is Cc1ccc(CC2(O)CCC(C)c3ccccc32)c(Cl)c1. The lowest BCUT2D eigenvalue weighted by Crippen LogP contribution is -2.34. The zero-order valence-corrected chi connectivity index (χ0v) is 13.3. The molecule has 0 saturated carbocycles. The molecule has 1 aliphatic carbocycles. The van der Waals surface area contributed by atoms with E-state index in [1.807, 2.05) is 25.1 Å². The number of aliphatic hydroxyl groups is 1. The molecule has 3 rings (SSSR count). The summed E-state index contributed by atoms with van der Waals surface area (Å²) >= 11 is 6.36. The molecule has 0 amide bonds. The Balaban J connectivity index is 2.00. The van der Waals surface area contributed by atoms with Crippen LogP contribution in [0, 0.1) is 6.92 Å². The van der Waals surface area contributed by atoms with E-state index in [4.69, 9.17) is 11.6 Å². The first kappa shape index (κ1) is 14.6. The van der Waals surface area contributed by atoms with Gasteiger partial charge in [-0.2, -0.15) is 0 Å². The Morgan fingerprint density at radius 1 is 1.24 bits per heavy atom. The molecular formula is C19H21ClO. The molecule has 110 valence electrons. The highest BCUT2D eigenvalue weighted by Crippen LogP contribution is 2.43. The van der Waals surface area contributed by atoms with Gasteiger partial charge in [0, 0.05) is 11.4 Å². The van der Waals surface area contributed by atoms with E-state index in [2.05, 4.69) is 31.2 Å². The molecule has 2 aromatic carbocycles. The van der Waals surface area contributed by atoms with Crippen LogP contribution in [0.2, 0.25) is 5.02 Å². The van der Waals surface area contributed by atoms with Crippen LogP contribution >= 0.6 is 11.6 Å². The first-order valence-corrected chi connectivity index (χ1v) is 7.94. The third-order valence-electron chi connectivity index (χ3n) is 4.68. The summed E-state index contributed by atoms with van der Waals surface area (Å²) in [4.78, 5) is 0. The molecule has 1 aliphatic rings. The van der Waals surface area contributed by atoms with Crippen LogP contribution in [0.3, 0.4) is 0 Å². The largest absolute Gasteiger partial charge is 0.385 e. The van der Waals surface area contributed by atoms with E-state index in [0.29, 0.717) is 12.3 Å². The van der Waals surface area contributed by atoms with Gasteiger partial charge in [0.25, 0.3) is 0 Å². The Bertz CT molecular complexity index is 664. The van der Waals surface area contributed by atoms with E-state index in [9.17, 15) is 5.11 Å². The van der Waals surface area contributed by atoms with Gasteiger partial charge in [0.2, 0.25) is 0 Å². The van der Waals surface area contributed by atoms with Gasteiger partial charge in [0.05, 0.1) is 5.60 Å². The minimum Gasteiger partial charge on any atom is -0.385 e. The van der Waals surface area contributed by atoms with Crippen LogP contribution in [0.4, 0.5) is 0 Å². The number of hydrogen-bond acceptors (Lipinski definition) is 1. The maximum absolute atomic E-state index is 11.2. The average Bonchev–Trinajstić information content (AvgIpc) is 2.47. The van der Waals surface area contributed by atoms with Crippen LogP contribution in [0.25, 0.3) is 0 Å². The van der Waals surface area contributed by atoms with Gasteiger partial charge in [0.1, 0.15) is 0 Å². The molecule has 0 spiro atoms. The Hall–Kier alpha value is -1.31. The van der Waals surface area contributed by atoms with Crippen LogP contribution in [0.1, 0.15) is 47.9 Å². The minimum atomic E-state index is -0.804. The summed E-state index contributed by atoms with van der Waals surface area (Å²) in [5.74, 6) is 0.509. The lowest BCUT2D eigenvalue weighted by Gasteiger charge is -2.37. The number of benzene rings is 2. The van der Waals surface area contributed by atoms with Crippen molar-refractivity contribution in [3.05, 3.63) is 69.7 Å². The highest BCUT2D eigenvalue weighted by Gasteiger charge is 2.37. The maximum Gasteiger partial charge on any atom is 0.0940 e. The quantitative estimate of drug-likeness (QED) is 0.829. The van der Waals surface area contributed by atoms with Crippen LogP contribution in [-0.4, -0.2) is 5.11 Å². The van der Waals surface area contributed by atoms with Gasteiger partial charge in [-0.1, -0.05) is 54.9 Å². The number of fused-ring (bicyclic) bond motifs is 1. The molecule has 0 aromatic heterocycles. The second-order valence-electron chi connectivity index (χ2n) is 6.33. The highest BCUT2D eigenvalue weighted by molar-refractivity contribution is 6.31. The summed E-state index contributed by atoms with van der Waals surface area (Å²) in [7, 11) is 0.